The maximum absolute atomic E-state index is 13.4. The third-order valence-corrected chi connectivity index (χ3v) is 3.60. The lowest BCUT2D eigenvalue weighted by atomic mass is 10.1. The average Bonchev–Trinajstić information content (AvgIpc) is 3.07. The van der Waals surface area contributed by atoms with Crippen LogP contribution in [0.2, 0.25) is 5.02 Å². The van der Waals surface area contributed by atoms with Crippen LogP contribution in [0.4, 0.5) is 8.78 Å². The number of benzene rings is 1. The molecule has 1 fully saturated rings. The second kappa shape index (κ2) is 4.28. The van der Waals surface area contributed by atoms with E-state index in [2.05, 4.69) is 0 Å². The maximum Gasteiger partial charge on any atom is 0.341 e. The summed E-state index contributed by atoms with van der Waals surface area (Å²) in [6.07, 6.45) is 0.162. The number of carbonyl (C=O) groups is 1. The number of halogens is 3. The van der Waals surface area contributed by atoms with Crippen LogP contribution in [0.1, 0.15) is 22.8 Å². The molecule has 1 aromatic carbocycles. The largest absolute Gasteiger partial charge is 0.477 e. The summed E-state index contributed by atoms with van der Waals surface area (Å²) in [6.45, 7) is 0. The van der Waals surface area contributed by atoms with E-state index in [0.717, 1.165) is 18.3 Å². The molecule has 104 valence electrons. The molecule has 7 heteroatoms. The van der Waals surface area contributed by atoms with Gasteiger partial charge >= 0.3 is 5.97 Å². The summed E-state index contributed by atoms with van der Waals surface area (Å²) in [6, 6.07) is 1.36. The molecule has 2 aromatic rings. The van der Waals surface area contributed by atoms with Gasteiger partial charge in [-0.25, -0.2) is 13.6 Å². The van der Waals surface area contributed by atoms with Gasteiger partial charge in [0.15, 0.2) is 0 Å². The van der Waals surface area contributed by atoms with E-state index in [1.54, 1.807) is 0 Å². The molecule has 0 spiro atoms. The third-order valence-electron chi connectivity index (χ3n) is 3.31. The smallest absolute Gasteiger partial charge is 0.341 e. The van der Waals surface area contributed by atoms with E-state index in [1.807, 2.05) is 0 Å². The zero-order valence-electron chi connectivity index (χ0n) is 9.94. The number of aromatic nitrogens is 1. The summed E-state index contributed by atoms with van der Waals surface area (Å²) < 4.78 is 28.0. The molecule has 0 saturated heterocycles. The molecule has 0 aliphatic heterocycles. The Morgan fingerprint density at radius 3 is 2.65 bits per heavy atom. The van der Waals surface area contributed by atoms with Crippen molar-refractivity contribution in [3.8, 4) is 0 Å². The van der Waals surface area contributed by atoms with Crippen molar-refractivity contribution in [2.24, 2.45) is 0 Å². The lowest BCUT2D eigenvalue weighted by Gasteiger charge is -2.12. The van der Waals surface area contributed by atoms with Gasteiger partial charge in [-0.1, -0.05) is 11.6 Å². The van der Waals surface area contributed by atoms with Crippen molar-refractivity contribution < 1.29 is 18.7 Å². The summed E-state index contributed by atoms with van der Waals surface area (Å²) in [5.74, 6) is -2.19. The van der Waals surface area contributed by atoms with Crippen molar-refractivity contribution in [1.29, 1.82) is 0 Å². The lowest BCUT2D eigenvalue weighted by Crippen LogP contribution is -2.19. The van der Waals surface area contributed by atoms with Crippen LogP contribution in [0.15, 0.2) is 23.1 Å². The second-order valence-electron chi connectivity index (χ2n) is 4.69. The zero-order chi connectivity index (χ0) is 14.6. The molecule has 0 amide bonds. The van der Waals surface area contributed by atoms with Crippen LogP contribution in [-0.4, -0.2) is 21.8 Å². The van der Waals surface area contributed by atoms with Crippen molar-refractivity contribution in [1.82, 2.24) is 4.57 Å². The third kappa shape index (κ3) is 1.87. The summed E-state index contributed by atoms with van der Waals surface area (Å²) in [7, 11) is 0. The van der Waals surface area contributed by atoms with Crippen LogP contribution >= 0.6 is 11.6 Å². The number of pyridine rings is 1. The lowest BCUT2D eigenvalue weighted by molar-refractivity contribution is 0.0694. The molecular weight excluding hydrogens is 292 g/mol. The number of aromatic carboxylic acids is 1. The topological polar surface area (TPSA) is 59.3 Å². The van der Waals surface area contributed by atoms with Crippen LogP contribution in [0, 0.1) is 5.82 Å². The number of fused-ring (bicyclic) bond motifs is 1. The maximum atomic E-state index is 13.4. The van der Waals surface area contributed by atoms with Crippen molar-refractivity contribution in [2.45, 2.75) is 18.6 Å². The minimum absolute atomic E-state index is 0.0480. The number of nitrogens with zero attached hydrogens (tertiary/aromatic N) is 1. The van der Waals surface area contributed by atoms with E-state index in [0.29, 0.717) is 0 Å². The molecule has 1 aromatic heterocycles. The molecule has 1 aliphatic rings. The van der Waals surface area contributed by atoms with Gasteiger partial charge in [-0.3, -0.25) is 4.79 Å². The summed E-state index contributed by atoms with van der Waals surface area (Å²) in [5, 5.41) is 8.82. The fourth-order valence-corrected chi connectivity index (χ4v) is 2.57. The average molecular weight is 300 g/mol. The highest BCUT2D eigenvalue weighted by Crippen LogP contribution is 2.41. The van der Waals surface area contributed by atoms with Crippen LogP contribution < -0.4 is 5.43 Å². The van der Waals surface area contributed by atoms with E-state index in [9.17, 15) is 18.4 Å². The van der Waals surface area contributed by atoms with Gasteiger partial charge in [0.25, 0.3) is 0 Å². The van der Waals surface area contributed by atoms with E-state index in [1.165, 1.54) is 4.57 Å². The van der Waals surface area contributed by atoms with Gasteiger partial charge in [0.2, 0.25) is 5.43 Å². The minimum Gasteiger partial charge on any atom is -0.477 e. The van der Waals surface area contributed by atoms with E-state index in [4.69, 9.17) is 16.7 Å². The van der Waals surface area contributed by atoms with Crippen molar-refractivity contribution in [3.63, 3.8) is 0 Å². The van der Waals surface area contributed by atoms with Crippen LogP contribution in [0.25, 0.3) is 10.9 Å². The molecule has 1 heterocycles. The van der Waals surface area contributed by atoms with Gasteiger partial charge in [0.1, 0.15) is 17.6 Å². The second-order valence-corrected chi connectivity index (χ2v) is 5.09. The van der Waals surface area contributed by atoms with Crippen LogP contribution in [-0.2, 0) is 0 Å². The predicted octanol–water partition coefficient (Wildman–Crippen LogP) is 2.78. The highest BCUT2D eigenvalue weighted by molar-refractivity contribution is 6.35. The Morgan fingerprint density at radius 1 is 1.45 bits per heavy atom. The number of hydrogen-bond acceptors (Lipinski definition) is 2. The molecule has 0 unspecified atom stereocenters. The van der Waals surface area contributed by atoms with Crippen molar-refractivity contribution >= 4 is 28.5 Å². The molecule has 1 aliphatic carbocycles. The first kappa shape index (κ1) is 13.1. The highest BCUT2D eigenvalue weighted by Gasteiger charge is 2.40. The number of rotatable bonds is 2. The Bertz CT molecular complexity index is 802. The highest BCUT2D eigenvalue weighted by atomic mass is 35.5. The predicted molar refractivity (Wildman–Crippen MR) is 68.7 cm³/mol. The number of carboxylic acid groups (broad SMARTS) is 1. The molecule has 3 rings (SSSR count). The van der Waals surface area contributed by atoms with E-state index in [-0.39, 0.29) is 22.3 Å². The van der Waals surface area contributed by atoms with Gasteiger partial charge in [0, 0.05) is 12.6 Å². The van der Waals surface area contributed by atoms with Crippen LogP contribution in [0.3, 0.4) is 0 Å². The standard InChI is InChI=1S/C13H8ClF2NO3/c14-8-2-5(15)1-6-11(8)17(10-3-9(10)16)4-7(12(6)18)13(19)20/h1-2,4,9-10H,3H2,(H,19,20)/t9-,10+/m1/s1. The Kier molecular flexibility index (Phi) is 2.79. The number of carboxylic acids is 1. The molecule has 1 saturated carbocycles. The monoisotopic (exact) mass is 299 g/mol. The van der Waals surface area contributed by atoms with E-state index >= 15 is 0 Å². The first-order valence-corrected chi connectivity index (χ1v) is 6.19. The van der Waals surface area contributed by atoms with Gasteiger partial charge in [-0.05, 0) is 12.1 Å². The quantitative estimate of drug-likeness (QED) is 0.927. The summed E-state index contributed by atoms with van der Waals surface area (Å²) in [5.41, 5.74) is -1.20. The van der Waals surface area contributed by atoms with Crippen molar-refractivity contribution in [2.75, 3.05) is 0 Å². The van der Waals surface area contributed by atoms with Crippen LogP contribution in [0.5, 0.6) is 0 Å². The summed E-state index contributed by atoms with van der Waals surface area (Å²) >= 11 is 5.92. The zero-order valence-corrected chi connectivity index (χ0v) is 10.7. The number of alkyl halides is 1. The molecule has 0 radical (unpaired) electrons. The van der Waals surface area contributed by atoms with Gasteiger partial charge in [-0.15, -0.1) is 0 Å². The first-order valence-electron chi connectivity index (χ1n) is 5.81. The van der Waals surface area contributed by atoms with Gasteiger partial charge in [-0.2, -0.15) is 0 Å². The summed E-state index contributed by atoms with van der Waals surface area (Å²) in [4.78, 5) is 23.1. The molecule has 20 heavy (non-hydrogen) atoms. The molecule has 4 nitrogen and oxygen atoms in total. The van der Waals surface area contributed by atoms with Crippen molar-refractivity contribution in [3.05, 3.63) is 45.0 Å². The Hall–Kier alpha value is -1.95. The normalized spacial score (nSPS) is 21.1. The fraction of sp³-hybridized carbons (Fsp3) is 0.231. The van der Waals surface area contributed by atoms with E-state index < -0.39 is 35.0 Å². The first-order chi connectivity index (χ1) is 9.40. The Balaban J connectivity index is 2.45. The molecule has 0 bridgehead atoms. The Labute approximate surface area is 116 Å². The minimum atomic E-state index is -1.44. The molecule has 1 N–H and O–H groups in total. The molecule has 2 atom stereocenters. The van der Waals surface area contributed by atoms with Gasteiger partial charge < -0.3 is 9.67 Å². The number of hydrogen-bond donors (Lipinski definition) is 1. The van der Waals surface area contributed by atoms with Gasteiger partial charge in [0.05, 0.1) is 22.0 Å². The molecular formula is C13H8ClF2NO3. The SMILES string of the molecule is O=C(O)c1cn([C@H]2C[C@H]2F)c2c(Cl)cc(F)cc2c1=O. The fourth-order valence-electron chi connectivity index (χ4n) is 2.26. The Morgan fingerprint density at radius 2 is 2.10 bits per heavy atom.